The fraction of sp³-hybridized carbons (Fsp3) is 0.231. The van der Waals surface area contributed by atoms with Gasteiger partial charge in [-0.1, -0.05) is 42.5 Å². The van der Waals surface area contributed by atoms with E-state index >= 15 is 0 Å². The van der Waals surface area contributed by atoms with E-state index in [1.807, 2.05) is 11.1 Å². The third kappa shape index (κ3) is 0.972. The monoisotopic (exact) mass is 198 g/mol. The second-order valence-corrected chi connectivity index (χ2v) is 4.38. The van der Waals surface area contributed by atoms with Gasteiger partial charge in [-0.2, -0.15) is 0 Å². The Kier molecular flexibility index (Phi) is 1.59. The minimum Gasteiger partial charge on any atom is -0.300 e. The minimum absolute atomic E-state index is 0.0988. The lowest BCUT2D eigenvalue weighted by Gasteiger charge is -2.35. The minimum atomic E-state index is -0.0988. The second kappa shape index (κ2) is 2.74. The number of hydrogen-bond donors (Lipinski definition) is 1. The van der Waals surface area contributed by atoms with Crippen LogP contribution in [0.3, 0.4) is 0 Å². The van der Waals surface area contributed by atoms with Crippen molar-refractivity contribution in [2.45, 2.75) is 18.4 Å². The first-order chi connectivity index (χ1) is 7.23. The molecule has 0 radical (unpaired) electrons. The number of fused-ring (bicyclic) bond motifs is 3. The molecule has 1 heterocycles. The number of para-hydroxylation sites is 1. The first-order valence-electron chi connectivity index (χ1n) is 5.23. The van der Waals surface area contributed by atoms with Crippen LogP contribution in [0, 0.1) is 0 Å². The number of anilines is 1. The fourth-order valence-electron chi connectivity index (χ4n) is 2.60. The normalized spacial score (nSPS) is 31.6. The van der Waals surface area contributed by atoms with E-state index in [0.717, 1.165) is 5.69 Å². The Hall–Kier alpha value is -1.54. The molecule has 2 N–H and O–H groups in total. The van der Waals surface area contributed by atoms with Crippen LogP contribution in [0.5, 0.6) is 0 Å². The Morgan fingerprint density at radius 2 is 2.07 bits per heavy atom. The maximum atomic E-state index is 6.18. The predicted molar refractivity (Wildman–Crippen MR) is 62.5 cm³/mol. The molecule has 15 heavy (non-hydrogen) atoms. The summed E-state index contributed by atoms with van der Waals surface area (Å²) in [5, 5.41) is 1.88. The largest absolute Gasteiger partial charge is 0.300 e. The van der Waals surface area contributed by atoms with Gasteiger partial charge in [0.25, 0.3) is 0 Å². The molecule has 0 fully saturated rings. The molecule has 0 aromatic heterocycles. The molecule has 0 spiro atoms. The number of hydrogen-bond acceptors (Lipinski definition) is 2. The number of benzene rings is 1. The zero-order valence-electron chi connectivity index (χ0n) is 8.72. The molecule has 0 bridgehead atoms. The lowest BCUT2D eigenvalue weighted by Crippen LogP contribution is -2.49. The van der Waals surface area contributed by atoms with Crippen LogP contribution in [0.4, 0.5) is 5.69 Å². The molecule has 76 valence electrons. The first kappa shape index (κ1) is 8.74. The zero-order valence-corrected chi connectivity index (χ0v) is 8.72. The smallest absolute Gasteiger partial charge is 0.0819 e. The average molecular weight is 198 g/mol. The lowest BCUT2D eigenvalue weighted by molar-refractivity contribution is 0.506. The summed E-state index contributed by atoms with van der Waals surface area (Å²) < 4.78 is 0. The average Bonchev–Trinajstić information content (AvgIpc) is 2.50. The van der Waals surface area contributed by atoms with E-state index in [1.165, 1.54) is 5.56 Å². The van der Waals surface area contributed by atoms with Gasteiger partial charge in [0.05, 0.1) is 11.2 Å². The van der Waals surface area contributed by atoms with E-state index in [1.54, 1.807) is 0 Å². The maximum Gasteiger partial charge on any atom is 0.0819 e. The molecule has 2 nitrogen and oxygen atoms in total. The molecule has 1 aliphatic heterocycles. The van der Waals surface area contributed by atoms with Gasteiger partial charge in [0, 0.05) is 5.92 Å². The van der Waals surface area contributed by atoms with Crippen LogP contribution in [-0.4, -0.2) is 5.54 Å². The van der Waals surface area contributed by atoms with Crippen molar-refractivity contribution in [1.29, 1.82) is 0 Å². The van der Waals surface area contributed by atoms with Crippen LogP contribution < -0.4 is 10.9 Å². The molecule has 1 aliphatic carbocycles. The molecule has 0 amide bonds. The Labute approximate surface area is 89.7 Å². The number of hydrazine groups is 1. The van der Waals surface area contributed by atoms with Gasteiger partial charge in [0.2, 0.25) is 0 Å². The third-order valence-corrected chi connectivity index (χ3v) is 3.53. The number of nitrogens with zero attached hydrogens (tertiary/aromatic N) is 1. The standard InChI is InChI=1S/C13H14N2/c1-13-9-5-4-7-11(13)10-6-2-3-8-12(10)15(13)14/h2-9,11H,14H2,1H3. The van der Waals surface area contributed by atoms with Crippen molar-refractivity contribution in [1.82, 2.24) is 0 Å². The van der Waals surface area contributed by atoms with Gasteiger partial charge >= 0.3 is 0 Å². The molecule has 2 aliphatic rings. The fourth-order valence-corrected chi connectivity index (χ4v) is 2.60. The molecule has 2 unspecified atom stereocenters. The Bertz CT molecular complexity index is 461. The number of allylic oxidation sites excluding steroid dienone is 2. The summed E-state index contributed by atoms with van der Waals surface area (Å²) in [5.41, 5.74) is 2.36. The van der Waals surface area contributed by atoms with Crippen molar-refractivity contribution in [3.8, 4) is 0 Å². The molecule has 1 aromatic rings. The van der Waals surface area contributed by atoms with Gasteiger partial charge in [-0.15, -0.1) is 0 Å². The Morgan fingerprint density at radius 3 is 2.93 bits per heavy atom. The molecule has 0 saturated heterocycles. The highest BCUT2D eigenvalue weighted by molar-refractivity contribution is 5.66. The Morgan fingerprint density at radius 1 is 1.27 bits per heavy atom. The van der Waals surface area contributed by atoms with E-state index in [4.69, 9.17) is 5.84 Å². The van der Waals surface area contributed by atoms with Gasteiger partial charge in [0.15, 0.2) is 0 Å². The van der Waals surface area contributed by atoms with Gasteiger partial charge in [-0.3, -0.25) is 0 Å². The summed E-state index contributed by atoms with van der Waals surface area (Å²) in [5.74, 6) is 6.56. The summed E-state index contributed by atoms with van der Waals surface area (Å²) in [6.45, 7) is 2.18. The van der Waals surface area contributed by atoms with Crippen LogP contribution in [0.15, 0.2) is 48.6 Å². The van der Waals surface area contributed by atoms with Crippen molar-refractivity contribution in [3.05, 3.63) is 54.1 Å². The molecule has 2 atom stereocenters. The lowest BCUT2D eigenvalue weighted by atomic mass is 9.81. The van der Waals surface area contributed by atoms with Crippen LogP contribution in [0.2, 0.25) is 0 Å². The van der Waals surface area contributed by atoms with Gasteiger partial charge < -0.3 is 5.01 Å². The Balaban J connectivity index is 2.23. The molecule has 1 aromatic carbocycles. The van der Waals surface area contributed by atoms with Crippen LogP contribution in [0.25, 0.3) is 0 Å². The van der Waals surface area contributed by atoms with Crippen molar-refractivity contribution in [2.75, 3.05) is 5.01 Å². The highest BCUT2D eigenvalue weighted by Crippen LogP contribution is 2.48. The number of rotatable bonds is 0. The van der Waals surface area contributed by atoms with Crippen molar-refractivity contribution < 1.29 is 0 Å². The van der Waals surface area contributed by atoms with Crippen molar-refractivity contribution >= 4 is 5.69 Å². The molecular weight excluding hydrogens is 184 g/mol. The predicted octanol–water partition coefficient (Wildman–Crippen LogP) is 2.35. The van der Waals surface area contributed by atoms with Gasteiger partial charge in [-0.25, -0.2) is 5.84 Å². The van der Waals surface area contributed by atoms with Crippen LogP contribution in [-0.2, 0) is 0 Å². The summed E-state index contributed by atoms with van der Waals surface area (Å²) >= 11 is 0. The quantitative estimate of drug-likeness (QED) is 0.648. The molecule has 3 rings (SSSR count). The number of nitrogens with two attached hydrogens (primary N) is 1. The molecule has 2 heteroatoms. The van der Waals surface area contributed by atoms with E-state index in [-0.39, 0.29) is 5.54 Å². The van der Waals surface area contributed by atoms with Gasteiger partial charge in [0.1, 0.15) is 0 Å². The van der Waals surface area contributed by atoms with E-state index in [2.05, 4.69) is 49.4 Å². The first-order valence-corrected chi connectivity index (χ1v) is 5.23. The zero-order chi connectivity index (χ0) is 10.5. The molecular formula is C13H14N2. The second-order valence-electron chi connectivity index (χ2n) is 4.38. The summed E-state index contributed by atoms with van der Waals surface area (Å²) in [6, 6.07) is 8.35. The molecule has 0 saturated carbocycles. The van der Waals surface area contributed by atoms with Gasteiger partial charge in [-0.05, 0) is 18.6 Å². The highest BCUT2D eigenvalue weighted by Gasteiger charge is 2.44. The van der Waals surface area contributed by atoms with Crippen molar-refractivity contribution in [2.24, 2.45) is 5.84 Å². The van der Waals surface area contributed by atoms with Crippen LogP contribution in [0.1, 0.15) is 18.4 Å². The topological polar surface area (TPSA) is 29.3 Å². The summed E-state index contributed by atoms with van der Waals surface area (Å²) in [4.78, 5) is 0. The van der Waals surface area contributed by atoms with Crippen molar-refractivity contribution in [3.63, 3.8) is 0 Å². The summed E-state index contributed by atoms with van der Waals surface area (Å²) in [7, 11) is 0. The highest BCUT2D eigenvalue weighted by atomic mass is 15.5. The van der Waals surface area contributed by atoms with E-state index in [9.17, 15) is 0 Å². The van der Waals surface area contributed by atoms with E-state index < -0.39 is 0 Å². The van der Waals surface area contributed by atoms with E-state index in [0.29, 0.717) is 5.92 Å². The summed E-state index contributed by atoms with van der Waals surface area (Å²) in [6.07, 6.45) is 8.58. The SMILES string of the molecule is CC12C=CC=CC1c1ccccc1N2N. The maximum absolute atomic E-state index is 6.18. The third-order valence-electron chi connectivity index (χ3n) is 3.53. The van der Waals surface area contributed by atoms with Crippen LogP contribution >= 0.6 is 0 Å².